The van der Waals surface area contributed by atoms with Gasteiger partial charge in [0, 0.05) is 23.4 Å². The van der Waals surface area contributed by atoms with Crippen LogP contribution in [0, 0.1) is 0 Å². The first kappa shape index (κ1) is 27.7. The van der Waals surface area contributed by atoms with E-state index in [2.05, 4.69) is 27.8 Å². The van der Waals surface area contributed by atoms with Crippen molar-refractivity contribution in [2.45, 2.75) is 51.7 Å². The fourth-order valence-electron chi connectivity index (χ4n) is 3.58. The molecule has 0 aliphatic rings. The number of amides is 1. The van der Waals surface area contributed by atoms with Crippen LogP contribution in [-0.4, -0.2) is 35.2 Å². The van der Waals surface area contributed by atoms with Crippen molar-refractivity contribution in [3.8, 4) is 11.5 Å². The second kappa shape index (κ2) is 12.9. The number of carbonyl (C=O) groups is 2. The highest BCUT2D eigenvalue weighted by Gasteiger charge is 2.38. The van der Waals surface area contributed by atoms with Crippen molar-refractivity contribution in [3.63, 3.8) is 0 Å². The highest BCUT2D eigenvalue weighted by molar-refractivity contribution is 5.94. The number of benzene rings is 2. The Balaban J connectivity index is 1.65. The molecule has 3 rings (SSSR count). The number of hydrogen-bond donors (Lipinski definition) is 2. The molecule has 1 aromatic heterocycles. The van der Waals surface area contributed by atoms with E-state index in [0.29, 0.717) is 17.7 Å². The Kier molecular flexibility index (Phi) is 9.64. The van der Waals surface area contributed by atoms with Gasteiger partial charge in [-0.15, -0.1) is 10.2 Å². The van der Waals surface area contributed by atoms with Crippen molar-refractivity contribution in [1.29, 1.82) is 0 Å². The number of halogens is 3. The molecule has 0 aliphatic heterocycles. The number of aromatic nitrogens is 2. The van der Waals surface area contributed by atoms with Gasteiger partial charge in [-0.2, -0.15) is 13.2 Å². The van der Waals surface area contributed by atoms with Crippen molar-refractivity contribution in [1.82, 2.24) is 15.5 Å². The highest BCUT2D eigenvalue weighted by Crippen LogP contribution is 2.31. The second-order valence-corrected chi connectivity index (χ2v) is 8.26. The normalized spacial score (nSPS) is 12.1. The van der Waals surface area contributed by atoms with Crippen LogP contribution in [-0.2, 0) is 15.7 Å². The van der Waals surface area contributed by atoms with Crippen molar-refractivity contribution in [2.75, 3.05) is 18.5 Å². The van der Waals surface area contributed by atoms with Gasteiger partial charge in [0.25, 0.3) is 5.91 Å². The van der Waals surface area contributed by atoms with E-state index in [1.165, 1.54) is 0 Å². The molecule has 1 heterocycles. The van der Waals surface area contributed by atoms with Crippen molar-refractivity contribution < 1.29 is 31.9 Å². The quantitative estimate of drug-likeness (QED) is 0.293. The predicted octanol–water partition coefficient (Wildman–Crippen LogP) is 5.78. The smallest absolute Gasteiger partial charge is 0.466 e. The summed E-state index contributed by atoms with van der Waals surface area (Å²) in [5, 5.41) is 12.7. The van der Waals surface area contributed by atoms with E-state index in [4.69, 9.17) is 9.15 Å². The Hall–Kier alpha value is -3.89. The molecule has 0 fully saturated rings. The standard InChI is InChI=1S/C26H29F3N4O4/c1-3-5-6-21(17-7-9-19(10-8-17)24-32-33-25(37-24)26(27,28)29)31-20-13-11-18(12-14-20)23(35)30-16-15-22(34)36-4-2/h7-14,21,31H,3-6,15-16H2,1-2H3,(H,30,35). The van der Waals surface area contributed by atoms with Crippen LogP contribution in [0.2, 0.25) is 0 Å². The zero-order valence-corrected chi connectivity index (χ0v) is 20.6. The Morgan fingerprint density at radius 2 is 1.73 bits per heavy atom. The average Bonchev–Trinajstić information content (AvgIpc) is 3.38. The van der Waals surface area contributed by atoms with Gasteiger partial charge in [0.15, 0.2) is 0 Å². The lowest BCUT2D eigenvalue weighted by molar-refractivity contribution is -0.157. The second-order valence-electron chi connectivity index (χ2n) is 8.26. The molecule has 1 amide bonds. The molecule has 2 N–H and O–H groups in total. The van der Waals surface area contributed by atoms with E-state index >= 15 is 0 Å². The van der Waals surface area contributed by atoms with Crippen LogP contribution in [0.15, 0.2) is 52.9 Å². The number of nitrogens with one attached hydrogen (secondary N) is 2. The third-order valence-electron chi connectivity index (χ3n) is 5.48. The van der Waals surface area contributed by atoms with Crippen LogP contribution in [0.5, 0.6) is 0 Å². The van der Waals surface area contributed by atoms with Crippen molar-refractivity contribution >= 4 is 17.6 Å². The third kappa shape index (κ3) is 8.06. The van der Waals surface area contributed by atoms with E-state index in [1.54, 1.807) is 43.3 Å². The first-order valence-electron chi connectivity index (χ1n) is 12.0. The molecule has 0 bridgehead atoms. The zero-order valence-electron chi connectivity index (χ0n) is 20.6. The van der Waals surface area contributed by atoms with Crippen molar-refractivity contribution in [3.05, 3.63) is 65.5 Å². The largest absolute Gasteiger partial charge is 0.470 e. The number of rotatable bonds is 12. The summed E-state index contributed by atoms with van der Waals surface area (Å²) in [5.41, 5.74) is 2.59. The topological polar surface area (TPSA) is 106 Å². The Morgan fingerprint density at radius 1 is 1.03 bits per heavy atom. The number of ether oxygens (including phenoxy) is 1. The maximum atomic E-state index is 12.7. The minimum atomic E-state index is -4.70. The minimum absolute atomic E-state index is 0.0633. The SMILES string of the molecule is CCCCC(Nc1ccc(C(=O)NCCC(=O)OCC)cc1)c1ccc(-c2nnc(C(F)(F)F)o2)cc1. The molecular weight excluding hydrogens is 489 g/mol. The average molecular weight is 519 g/mol. The van der Waals surface area contributed by atoms with Crippen LogP contribution in [0.3, 0.4) is 0 Å². The summed E-state index contributed by atoms with van der Waals surface area (Å²) in [6.07, 6.45) is -1.82. The Morgan fingerprint density at radius 3 is 2.32 bits per heavy atom. The van der Waals surface area contributed by atoms with Gasteiger partial charge in [-0.05, 0) is 55.3 Å². The summed E-state index contributed by atoms with van der Waals surface area (Å²) in [7, 11) is 0. The van der Waals surface area contributed by atoms with Gasteiger partial charge in [-0.1, -0.05) is 31.9 Å². The lowest BCUT2D eigenvalue weighted by atomic mass is 9.99. The molecule has 0 aliphatic carbocycles. The molecule has 1 unspecified atom stereocenters. The molecule has 11 heteroatoms. The molecule has 2 aromatic carbocycles. The minimum Gasteiger partial charge on any atom is -0.466 e. The van der Waals surface area contributed by atoms with Gasteiger partial charge in [0.1, 0.15) is 0 Å². The number of hydrogen-bond acceptors (Lipinski definition) is 7. The Labute approximate surface area is 212 Å². The number of esters is 1. The molecule has 0 saturated heterocycles. The van der Waals surface area contributed by atoms with Gasteiger partial charge in [-0.25, -0.2) is 0 Å². The summed E-state index contributed by atoms with van der Waals surface area (Å²) >= 11 is 0. The first-order valence-corrected chi connectivity index (χ1v) is 12.0. The molecular formula is C26H29F3N4O4. The third-order valence-corrected chi connectivity index (χ3v) is 5.48. The van der Waals surface area contributed by atoms with Crippen LogP contribution in [0.1, 0.15) is 67.4 Å². The van der Waals surface area contributed by atoms with Gasteiger partial charge in [0.05, 0.1) is 19.1 Å². The van der Waals surface area contributed by atoms with E-state index in [9.17, 15) is 22.8 Å². The van der Waals surface area contributed by atoms with Crippen LogP contribution in [0.4, 0.5) is 18.9 Å². The highest BCUT2D eigenvalue weighted by atomic mass is 19.4. The molecule has 1 atom stereocenters. The molecule has 198 valence electrons. The zero-order chi connectivity index (χ0) is 26.8. The van der Waals surface area contributed by atoms with Gasteiger partial charge in [0.2, 0.25) is 5.89 Å². The predicted molar refractivity (Wildman–Crippen MR) is 131 cm³/mol. The fraction of sp³-hybridized carbons (Fsp3) is 0.385. The van der Waals surface area contributed by atoms with E-state index in [1.807, 2.05) is 12.1 Å². The molecule has 0 saturated carbocycles. The number of nitrogens with zero attached hydrogens (tertiary/aromatic N) is 2. The summed E-state index contributed by atoms with van der Waals surface area (Å²) in [6.45, 7) is 4.30. The van der Waals surface area contributed by atoms with Gasteiger partial charge < -0.3 is 19.8 Å². The lowest BCUT2D eigenvalue weighted by Crippen LogP contribution is -2.26. The number of carbonyl (C=O) groups excluding carboxylic acids is 2. The molecule has 37 heavy (non-hydrogen) atoms. The van der Waals surface area contributed by atoms with E-state index in [0.717, 1.165) is 30.5 Å². The monoisotopic (exact) mass is 518 g/mol. The van der Waals surface area contributed by atoms with E-state index < -0.39 is 12.1 Å². The van der Waals surface area contributed by atoms with E-state index in [-0.39, 0.29) is 36.8 Å². The summed E-state index contributed by atoms with van der Waals surface area (Å²) in [5.74, 6) is -2.24. The van der Waals surface area contributed by atoms with Crippen molar-refractivity contribution in [2.24, 2.45) is 0 Å². The summed E-state index contributed by atoms with van der Waals surface area (Å²) in [4.78, 5) is 23.7. The van der Waals surface area contributed by atoms with Gasteiger partial charge in [-0.3, -0.25) is 9.59 Å². The molecule has 0 spiro atoms. The van der Waals surface area contributed by atoms with Crippen LogP contribution >= 0.6 is 0 Å². The summed E-state index contributed by atoms with van der Waals surface area (Å²) < 4.78 is 47.8. The lowest BCUT2D eigenvalue weighted by Gasteiger charge is -2.21. The van der Waals surface area contributed by atoms with Crippen LogP contribution < -0.4 is 10.6 Å². The van der Waals surface area contributed by atoms with Gasteiger partial charge >= 0.3 is 18.0 Å². The summed E-state index contributed by atoms with van der Waals surface area (Å²) in [6, 6.07) is 13.8. The number of anilines is 1. The fourth-order valence-corrected chi connectivity index (χ4v) is 3.58. The Bertz CT molecular complexity index is 1160. The maximum Gasteiger partial charge on any atom is 0.470 e. The maximum absolute atomic E-state index is 12.7. The molecule has 0 radical (unpaired) electrons. The number of alkyl halides is 3. The molecule has 8 nitrogen and oxygen atoms in total. The van der Waals surface area contributed by atoms with Crippen LogP contribution in [0.25, 0.3) is 11.5 Å². The number of unbranched alkanes of at least 4 members (excludes halogenated alkanes) is 1. The first-order chi connectivity index (χ1) is 17.7. The molecule has 3 aromatic rings.